The number of nitrogens with zero attached hydrogens (tertiary/aromatic N) is 2. The molecule has 0 amide bonds. The zero-order chi connectivity index (χ0) is 26.1. The number of aromatic nitrogens is 2. The number of ether oxygens (including phenoxy) is 1. The van der Waals surface area contributed by atoms with E-state index in [1.54, 1.807) is 0 Å². The first kappa shape index (κ1) is 29.0. The SMILES string of the molecule is CCCCCCCc1cnc(-c2ccc(-c3ccc(CCOC(C)CCCCCCC)cc3)cc2)nc1. The summed E-state index contributed by atoms with van der Waals surface area (Å²) >= 11 is 0. The van der Waals surface area contributed by atoms with Crippen LogP contribution in [0.2, 0.25) is 0 Å². The Kier molecular flexibility index (Phi) is 13.4. The summed E-state index contributed by atoms with van der Waals surface area (Å²) in [5.74, 6) is 0.798. The minimum atomic E-state index is 0.357. The molecule has 0 radical (unpaired) electrons. The molecule has 0 fully saturated rings. The molecule has 2 aromatic carbocycles. The van der Waals surface area contributed by atoms with Crippen molar-refractivity contribution in [3.63, 3.8) is 0 Å². The lowest BCUT2D eigenvalue weighted by Crippen LogP contribution is -2.10. The number of rotatable bonds is 18. The van der Waals surface area contributed by atoms with Crippen LogP contribution in [0.5, 0.6) is 0 Å². The van der Waals surface area contributed by atoms with E-state index in [-0.39, 0.29) is 0 Å². The summed E-state index contributed by atoms with van der Waals surface area (Å²) in [6.45, 7) is 7.52. The van der Waals surface area contributed by atoms with E-state index in [4.69, 9.17) is 4.74 Å². The fourth-order valence-corrected chi connectivity index (χ4v) is 4.74. The molecule has 0 aliphatic carbocycles. The van der Waals surface area contributed by atoms with E-state index in [2.05, 4.69) is 79.3 Å². The first-order valence-electron chi connectivity index (χ1n) is 14.8. The Morgan fingerprint density at radius 3 is 1.76 bits per heavy atom. The van der Waals surface area contributed by atoms with Crippen molar-refractivity contribution in [2.24, 2.45) is 0 Å². The van der Waals surface area contributed by atoms with E-state index in [1.807, 2.05) is 12.4 Å². The molecule has 1 heterocycles. The van der Waals surface area contributed by atoms with Crippen molar-refractivity contribution in [2.45, 2.75) is 110 Å². The van der Waals surface area contributed by atoms with Gasteiger partial charge in [0.25, 0.3) is 0 Å². The molecule has 0 saturated heterocycles. The van der Waals surface area contributed by atoms with Crippen LogP contribution in [0.3, 0.4) is 0 Å². The van der Waals surface area contributed by atoms with Crippen molar-refractivity contribution < 1.29 is 4.74 Å². The monoisotopic (exact) mass is 500 g/mol. The molecule has 0 spiro atoms. The summed E-state index contributed by atoms with van der Waals surface area (Å²) < 4.78 is 6.05. The van der Waals surface area contributed by atoms with Gasteiger partial charge in [0.15, 0.2) is 5.82 Å². The van der Waals surface area contributed by atoms with Crippen molar-refractivity contribution in [1.29, 1.82) is 0 Å². The number of hydrogen-bond acceptors (Lipinski definition) is 3. The van der Waals surface area contributed by atoms with Crippen LogP contribution in [0, 0.1) is 0 Å². The molecule has 200 valence electrons. The van der Waals surface area contributed by atoms with Crippen molar-refractivity contribution >= 4 is 0 Å². The molecular formula is C34H48N2O. The van der Waals surface area contributed by atoms with Gasteiger partial charge >= 0.3 is 0 Å². The number of benzene rings is 2. The zero-order valence-corrected chi connectivity index (χ0v) is 23.6. The van der Waals surface area contributed by atoms with Crippen molar-refractivity contribution in [3.8, 4) is 22.5 Å². The van der Waals surface area contributed by atoms with Gasteiger partial charge in [0.1, 0.15) is 0 Å². The van der Waals surface area contributed by atoms with E-state index < -0.39 is 0 Å². The Labute approximate surface area is 226 Å². The van der Waals surface area contributed by atoms with Gasteiger partial charge in [-0.3, -0.25) is 0 Å². The summed E-state index contributed by atoms with van der Waals surface area (Å²) in [6, 6.07) is 17.5. The maximum Gasteiger partial charge on any atom is 0.159 e. The second kappa shape index (κ2) is 17.1. The summed E-state index contributed by atoms with van der Waals surface area (Å²) in [4.78, 5) is 9.25. The van der Waals surface area contributed by atoms with Gasteiger partial charge in [0.2, 0.25) is 0 Å². The molecule has 0 N–H and O–H groups in total. The fraction of sp³-hybridized carbons (Fsp3) is 0.529. The standard InChI is InChI=1S/C34H48N2O/c1-4-6-8-10-12-14-28(3)37-25-24-29-16-18-31(19-17-29)32-20-22-33(23-21-32)34-35-26-30(27-36-34)15-13-11-9-7-5-2/h16-23,26-28H,4-15,24-25H2,1-3H3. The normalized spacial score (nSPS) is 12.1. The van der Waals surface area contributed by atoms with Crippen molar-refractivity contribution in [2.75, 3.05) is 6.61 Å². The van der Waals surface area contributed by atoms with Gasteiger partial charge in [0, 0.05) is 18.0 Å². The molecule has 3 rings (SSSR count). The van der Waals surface area contributed by atoms with Crippen molar-refractivity contribution in [1.82, 2.24) is 9.97 Å². The van der Waals surface area contributed by atoms with Crippen LogP contribution in [-0.2, 0) is 17.6 Å². The molecule has 0 aliphatic heterocycles. The lowest BCUT2D eigenvalue weighted by molar-refractivity contribution is 0.0607. The molecule has 3 aromatic rings. The smallest absolute Gasteiger partial charge is 0.159 e. The minimum Gasteiger partial charge on any atom is -0.378 e. The molecule has 37 heavy (non-hydrogen) atoms. The summed E-state index contributed by atoms with van der Waals surface area (Å²) in [5.41, 5.74) is 6.07. The van der Waals surface area contributed by atoms with Crippen LogP contribution in [-0.4, -0.2) is 22.7 Å². The van der Waals surface area contributed by atoms with Crippen LogP contribution < -0.4 is 0 Å². The largest absolute Gasteiger partial charge is 0.378 e. The Morgan fingerprint density at radius 2 is 1.14 bits per heavy atom. The van der Waals surface area contributed by atoms with Gasteiger partial charge in [-0.25, -0.2) is 9.97 Å². The maximum atomic E-state index is 6.05. The highest BCUT2D eigenvalue weighted by molar-refractivity contribution is 5.67. The van der Waals surface area contributed by atoms with E-state index in [9.17, 15) is 0 Å². The summed E-state index contributed by atoms with van der Waals surface area (Å²) in [7, 11) is 0. The Morgan fingerprint density at radius 1 is 0.595 bits per heavy atom. The van der Waals surface area contributed by atoms with Gasteiger partial charge in [-0.15, -0.1) is 0 Å². The third-order valence-corrected chi connectivity index (χ3v) is 7.21. The van der Waals surface area contributed by atoms with Gasteiger partial charge in [0.05, 0.1) is 12.7 Å². The molecule has 1 unspecified atom stereocenters. The zero-order valence-electron chi connectivity index (χ0n) is 23.6. The average molecular weight is 501 g/mol. The van der Waals surface area contributed by atoms with Crippen LogP contribution in [0.4, 0.5) is 0 Å². The van der Waals surface area contributed by atoms with Gasteiger partial charge < -0.3 is 4.74 Å². The molecule has 0 aliphatic rings. The molecule has 0 saturated carbocycles. The predicted octanol–water partition coefficient (Wildman–Crippen LogP) is 9.63. The number of unbranched alkanes of at least 4 members (excludes halogenated alkanes) is 8. The fourth-order valence-electron chi connectivity index (χ4n) is 4.74. The molecule has 3 heteroatoms. The van der Waals surface area contributed by atoms with Crippen molar-refractivity contribution in [3.05, 3.63) is 72.1 Å². The molecule has 3 nitrogen and oxygen atoms in total. The summed E-state index contributed by atoms with van der Waals surface area (Å²) in [5, 5.41) is 0. The van der Waals surface area contributed by atoms with Crippen LogP contribution in [0.1, 0.15) is 103 Å². The van der Waals surface area contributed by atoms with Gasteiger partial charge in [-0.1, -0.05) is 120 Å². The second-order valence-electron chi connectivity index (χ2n) is 10.5. The first-order valence-corrected chi connectivity index (χ1v) is 14.8. The maximum absolute atomic E-state index is 6.05. The van der Waals surface area contributed by atoms with E-state index >= 15 is 0 Å². The van der Waals surface area contributed by atoms with Gasteiger partial charge in [-0.05, 0) is 54.9 Å². The molecular weight excluding hydrogens is 452 g/mol. The van der Waals surface area contributed by atoms with Crippen LogP contribution in [0.15, 0.2) is 60.9 Å². The Hall–Kier alpha value is -2.52. The second-order valence-corrected chi connectivity index (χ2v) is 10.5. The highest BCUT2D eigenvalue weighted by atomic mass is 16.5. The third-order valence-electron chi connectivity index (χ3n) is 7.21. The van der Waals surface area contributed by atoms with E-state index in [0.29, 0.717) is 6.10 Å². The molecule has 0 bridgehead atoms. The number of hydrogen-bond donors (Lipinski definition) is 0. The van der Waals surface area contributed by atoms with E-state index in [1.165, 1.54) is 92.9 Å². The highest BCUT2D eigenvalue weighted by Crippen LogP contribution is 2.24. The Bertz CT molecular complexity index is 980. The van der Waals surface area contributed by atoms with E-state index in [0.717, 1.165) is 30.8 Å². The summed E-state index contributed by atoms with van der Waals surface area (Å²) in [6.07, 6.45) is 20.7. The van der Waals surface area contributed by atoms with Gasteiger partial charge in [-0.2, -0.15) is 0 Å². The predicted molar refractivity (Wildman–Crippen MR) is 158 cm³/mol. The average Bonchev–Trinajstić information content (AvgIpc) is 2.94. The lowest BCUT2D eigenvalue weighted by Gasteiger charge is -2.13. The first-order chi connectivity index (χ1) is 18.2. The highest BCUT2D eigenvalue weighted by Gasteiger charge is 2.05. The number of aryl methyl sites for hydroxylation is 1. The Balaban J connectivity index is 1.42. The van der Waals surface area contributed by atoms with Crippen LogP contribution in [0.25, 0.3) is 22.5 Å². The van der Waals surface area contributed by atoms with Crippen LogP contribution >= 0.6 is 0 Å². The third kappa shape index (κ3) is 10.8. The lowest BCUT2D eigenvalue weighted by atomic mass is 10.0. The quantitative estimate of drug-likeness (QED) is 0.163. The topological polar surface area (TPSA) is 35.0 Å². The molecule has 1 atom stereocenters. The minimum absolute atomic E-state index is 0.357. The molecule has 1 aromatic heterocycles.